The number of hydrogen-bond acceptors (Lipinski definition) is 5. The molecule has 0 radical (unpaired) electrons. The molecule has 1 aromatic heterocycles. The summed E-state index contributed by atoms with van der Waals surface area (Å²) in [6.07, 6.45) is 5.18. The molecule has 2 saturated carbocycles. The van der Waals surface area contributed by atoms with E-state index in [2.05, 4.69) is 10.3 Å². The number of fused-ring (bicyclic) bond motifs is 1. The second-order valence-corrected chi connectivity index (χ2v) is 7.55. The maximum absolute atomic E-state index is 11.3. The third-order valence-electron chi connectivity index (χ3n) is 4.78. The van der Waals surface area contributed by atoms with E-state index in [0.29, 0.717) is 11.1 Å². The molecule has 2 aliphatic rings. The minimum absolute atomic E-state index is 0.165. The first-order valence-corrected chi connectivity index (χ1v) is 8.18. The van der Waals surface area contributed by atoms with E-state index in [0.717, 1.165) is 27.7 Å². The van der Waals surface area contributed by atoms with Crippen LogP contribution >= 0.6 is 11.3 Å². The normalized spacial score (nSPS) is 19.7. The van der Waals surface area contributed by atoms with Crippen LogP contribution in [0.5, 0.6) is 0 Å². The molecule has 0 spiro atoms. The Morgan fingerprint density at radius 1 is 1.48 bits per heavy atom. The topological polar surface area (TPSA) is 68.1 Å². The van der Waals surface area contributed by atoms with Crippen molar-refractivity contribution in [1.29, 1.82) is 0 Å². The summed E-state index contributed by atoms with van der Waals surface area (Å²) in [5.74, 6) is 0.842. The minimum atomic E-state index is -0.298. The third kappa shape index (κ3) is 2.27. The fourth-order valence-electron chi connectivity index (χ4n) is 3.23. The van der Waals surface area contributed by atoms with Gasteiger partial charge in [0.25, 0.3) is 5.69 Å². The second-order valence-electron chi connectivity index (χ2n) is 6.32. The van der Waals surface area contributed by atoms with Crippen molar-refractivity contribution in [2.75, 3.05) is 11.9 Å². The van der Waals surface area contributed by atoms with Gasteiger partial charge in [0.2, 0.25) is 0 Å². The van der Waals surface area contributed by atoms with E-state index in [1.54, 1.807) is 6.07 Å². The van der Waals surface area contributed by atoms with E-state index in [1.165, 1.54) is 37.0 Å². The van der Waals surface area contributed by atoms with Crippen molar-refractivity contribution in [3.63, 3.8) is 0 Å². The van der Waals surface area contributed by atoms with Crippen LogP contribution in [0.2, 0.25) is 0 Å². The highest BCUT2D eigenvalue weighted by Crippen LogP contribution is 2.61. The number of aryl methyl sites for hydroxylation is 1. The lowest BCUT2D eigenvalue weighted by atomic mass is 10.0. The molecule has 110 valence electrons. The monoisotopic (exact) mass is 303 g/mol. The van der Waals surface area contributed by atoms with Gasteiger partial charge in [-0.1, -0.05) is 0 Å². The molecular formula is C15H17N3O2S. The fraction of sp³-hybridized carbons (Fsp3) is 0.533. The number of nitrogens with zero attached hydrogens (tertiary/aromatic N) is 2. The van der Waals surface area contributed by atoms with Crippen LogP contribution in [0.25, 0.3) is 10.2 Å². The molecule has 2 aromatic rings. The number of benzene rings is 1. The van der Waals surface area contributed by atoms with E-state index in [4.69, 9.17) is 0 Å². The van der Waals surface area contributed by atoms with E-state index >= 15 is 0 Å². The van der Waals surface area contributed by atoms with Gasteiger partial charge in [0, 0.05) is 12.6 Å². The first-order valence-electron chi connectivity index (χ1n) is 7.37. The van der Waals surface area contributed by atoms with Gasteiger partial charge in [0.15, 0.2) is 0 Å². The summed E-state index contributed by atoms with van der Waals surface area (Å²) in [7, 11) is 0. The standard InChI is InChI=1S/C15H17N3O2S/c1-9-17-12-6-11(13(18(19)20)7-14(12)21-9)16-8-15(4-5-15)10-2-3-10/h6-7,10,16H,2-5,8H2,1H3. The van der Waals surface area contributed by atoms with Crippen molar-refractivity contribution in [1.82, 2.24) is 4.98 Å². The van der Waals surface area contributed by atoms with Crippen LogP contribution in [0.1, 0.15) is 30.7 Å². The van der Waals surface area contributed by atoms with Crippen LogP contribution in [0.15, 0.2) is 12.1 Å². The zero-order valence-corrected chi connectivity index (χ0v) is 12.7. The Hall–Kier alpha value is -1.69. The van der Waals surface area contributed by atoms with Gasteiger partial charge in [-0.25, -0.2) is 4.98 Å². The van der Waals surface area contributed by atoms with Gasteiger partial charge < -0.3 is 5.32 Å². The highest BCUT2D eigenvalue weighted by atomic mass is 32.1. The summed E-state index contributed by atoms with van der Waals surface area (Å²) in [4.78, 5) is 15.4. The summed E-state index contributed by atoms with van der Waals surface area (Å²) in [5.41, 5.74) is 2.05. The smallest absolute Gasteiger partial charge is 0.293 e. The summed E-state index contributed by atoms with van der Waals surface area (Å²) in [5, 5.41) is 15.6. The molecule has 4 rings (SSSR count). The number of thiazole rings is 1. The Labute approximate surface area is 126 Å². The molecule has 0 unspecified atom stereocenters. The molecule has 2 aliphatic carbocycles. The Morgan fingerprint density at radius 2 is 2.24 bits per heavy atom. The Balaban J connectivity index is 1.65. The van der Waals surface area contributed by atoms with Crippen LogP contribution in [0.4, 0.5) is 11.4 Å². The van der Waals surface area contributed by atoms with Crippen LogP contribution in [0, 0.1) is 28.4 Å². The van der Waals surface area contributed by atoms with Crippen molar-refractivity contribution < 1.29 is 4.92 Å². The molecule has 1 aromatic carbocycles. The van der Waals surface area contributed by atoms with Crippen molar-refractivity contribution in [3.8, 4) is 0 Å². The summed E-state index contributed by atoms with van der Waals surface area (Å²) in [6, 6.07) is 3.49. The van der Waals surface area contributed by atoms with Crippen LogP contribution in [0.3, 0.4) is 0 Å². The highest BCUT2D eigenvalue weighted by molar-refractivity contribution is 7.18. The largest absolute Gasteiger partial charge is 0.379 e. The fourth-order valence-corrected chi connectivity index (χ4v) is 4.07. The van der Waals surface area contributed by atoms with Crippen LogP contribution < -0.4 is 5.32 Å². The summed E-state index contributed by atoms with van der Waals surface area (Å²) >= 11 is 1.50. The van der Waals surface area contributed by atoms with Gasteiger partial charge in [-0.05, 0) is 50.0 Å². The maximum atomic E-state index is 11.3. The van der Waals surface area contributed by atoms with E-state index in [-0.39, 0.29) is 10.6 Å². The van der Waals surface area contributed by atoms with E-state index in [9.17, 15) is 10.1 Å². The summed E-state index contributed by atoms with van der Waals surface area (Å²) < 4.78 is 0.882. The second kappa shape index (κ2) is 4.40. The molecule has 5 nitrogen and oxygen atoms in total. The van der Waals surface area contributed by atoms with Gasteiger partial charge in [0.1, 0.15) is 5.69 Å². The third-order valence-corrected chi connectivity index (χ3v) is 5.71. The minimum Gasteiger partial charge on any atom is -0.379 e. The number of nitro benzene ring substituents is 1. The van der Waals surface area contributed by atoms with Gasteiger partial charge in [-0.15, -0.1) is 11.3 Å². The molecule has 2 fully saturated rings. The van der Waals surface area contributed by atoms with Crippen molar-refractivity contribution in [3.05, 3.63) is 27.3 Å². The van der Waals surface area contributed by atoms with Gasteiger partial charge >= 0.3 is 0 Å². The van der Waals surface area contributed by atoms with E-state index in [1.807, 2.05) is 13.0 Å². The predicted octanol–water partition coefficient (Wildman–Crippen LogP) is 4.12. The Bertz CT molecular complexity index is 732. The zero-order valence-electron chi connectivity index (χ0n) is 11.9. The van der Waals surface area contributed by atoms with Crippen molar-refractivity contribution >= 4 is 32.9 Å². The van der Waals surface area contributed by atoms with Gasteiger partial charge in [0.05, 0.1) is 20.1 Å². The van der Waals surface area contributed by atoms with E-state index < -0.39 is 0 Å². The Kier molecular flexibility index (Phi) is 2.73. The first-order chi connectivity index (χ1) is 10.1. The average Bonchev–Trinajstić information content (AvgIpc) is 3.31. The van der Waals surface area contributed by atoms with Crippen molar-refractivity contribution in [2.24, 2.45) is 11.3 Å². The zero-order chi connectivity index (χ0) is 14.6. The maximum Gasteiger partial charge on any atom is 0.293 e. The number of nitrogens with one attached hydrogen (secondary N) is 1. The number of anilines is 1. The molecule has 0 atom stereocenters. The first kappa shape index (κ1) is 13.0. The van der Waals surface area contributed by atoms with Crippen molar-refractivity contribution in [2.45, 2.75) is 32.6 Å². The lowest BCUT2D eigenvalue weighted by Crippen LogP contribution is -2.17. The SMILES string of the molecule is Cc1nc2cc(NCC3(C4CC4)CC3)c([N+](=O)[O-])cc2s1. The molecule has 1 heterocycles. The molecule has 6 heteroatoms. The molecule has 0 amide bonds. The van der Waals surface area contributed by atoms with Gasteiger partial charge in [-0.3, -0.25) is 10.1 Å². The van der Waals surface area contributed by atoms with Gasteiger partial charge in [-0.2, -0.15) is 0 Å². The number of nitro groups is 1. The molecular weight excluding hydrogens is 286 g/mol. The lowest BCUT2D eigenvalue weighted by molar-refractivity contribution is -0.383. The molecule has 0 bridgehead atoms. The van der Waals surface area contributed by atoms with Crippen LogP contribution in [-0.2, 0) is 0 Å². The predicted molar refractivity (Wildman–Crippen MR) is 83.9 cm³/mol. The number of aromatic nitrogens is 1. The summed E-state index contributed by atoms with van der Waals surface area (Å²) in [6.45, 7) is 2.78. The average molecular weight is 303 g/mol. The lowest BCUT2D eigenvalue weighted by Gasteiger charge is -2.16. The number of hydrogen-bond donors (Lipinski definition) is 1. The van der Waals surface area contributed by atoms with Crippen LogP contribution in [-0.4, -0.2) is 16.5 Å². The number of rotatable bonds is 5. The highest BCUT2D eigenvalue weighted by Gasteiger charge is 2.53. The Morgan fingerprint density at radius 3 is 2.86 bits per heavy atom. The molecule has 1 N–H and O–H groups in total. The molecule has 21 heavy (non-hydrogen) atoms. The molecule has 0 saturated heterocycles. The quantitative estimate of drug-likeness (QED) is 0.666. The molecule has 0 aliphatic heterocycles.